The van der Waals surface area contributed by atoms with E-state index in [-0.39, 0.29) is 12.0 Å². The molecule has 2 atom stereocenters. The first-order chi connectivity index (χ1) is 7.09. The molecule has 2 heteroatoms. The van der Waals surface area contributed by atoms with Crippen LogP contribution in [-0.4, -0.2) is 17.5 Å². The highest BCUT2D eigenvalue weighted by Gasteiger charge is 2.46. The Hall–Kier alpha value is -0.630. The van der Waals surface area contributed by atoms with Gasteiger partial charge in [0.2, 0.25) is 0 Å². The fraction of sp³-hybridized carbons (Fsp3) is 0.769. The highest BCUT2D eigenvalue weighted by Crippen LogP contribution is 2.50. The molecule has 0 amide bonds. The van der Waals surface area contributed by atoms with Crippen molar-refractivity contribution in [1.82, 2.24) is 0 Å². The van der Waals surface area contributed by atoms with Crippen LogP contribution in [0.15, 0.2) is 11.1 Å². The van der Waals surface area contributed by atoms with E-state index in [1.807, 2.05) is 0 Å². The van der Waals surface area contributed by atoms with E-state index in [4.69, 9.17) is 0 Å². The Morgan fingerprint density at radius 3 is 2.87 bits per heavy atom. The van der Waals surface area contributed by atoms with Gasteiger partial charge < -0.3 is 5.11 Å². The zero-order chi connectivity index (χ0) is 11.1. The van der Waals surface area contributed by atoms with Gasteiger partial charge in [0.1, 0.15) is 5.78 Å². The Kier molecular flexibility index (Phi) is 2.72. The van der Waals surface area contributed by atoms with E-state index >= 15 is 0 Å². The van der Waals surface area contributed by atoms with Gasteiger partial charge in [-0.05, 0) is 44.1 Å². The molecule has 0 aliphatic heterocycles. The molecule has 0 bridgehead atoms. The lowest BCUT2D eigenvalue weighted by atomic mass is 9.58. The highest BCUT2D eigenvalue weighted by atomic mass is 16.3. The van der Waals surface area contributed by atoms with Crippen molar-refractivity contribution < 1.29 is 9.90 Å². The molecule has 0 spiro atoms. The van der Waals surface area contributed by atoms with Crippen LogP contribution in [0.5, 0.6) is 0 Å². The summed E-state index contributed by atoms with van der Waals surface area (Å²) in [6, 6.07) is 0. The first-order valence-electron chi connectivity index (χ1n) is 5.92. The first kappa shape index (κ1) is 10.9. The summed E-state index contributed by atoms with van der Waals surface area (Å²) in [6.07, 6.45) is 4.74. The topological polar surface area (TPSA) is 37.3 Å². The molecule has 1 fully saturated rings. The molecule has 0 aromatic carbocycles. The number of hydrogen-bond donors (Lipinski definition) is 1. The monoisotopic (exact) mass is 208 g/mol. The Bertz CT molecular complexity index is 316. The number of aliphatic hydroxyl groups is 1. The Morgan fingerprint density at radius 1 is 1.47 bits per heavy atom. The number of rotatable bonds is 1. The molecule has 0 aromatic heterocycles. The van der Waals surface area contributed by atoms with E-state index in [1.165, 1.54) is 11.1 Å². The van der Waals surface area contributed by atoms with E-state index in [1.54, 1.807) is 0 Å². The van der Waals surface area contributed by atoms with E-state index in [2.05, 4.69) is 13.8 Å². The molecular weight excluding hydrogens is 188 g/mol. The van der Waals surface area contributed by atoms with Crippen LogP contribution < -0.4 is 0 Å². The van der Waals surface area contributed by atoms with Gasteiger partial charge >= 0.3 is 0 Å². The minimum Gasteiger partial charge on any atom is -0.392 e. The van der Waals surface area contributed by atoms with Crippen LogP contribution >= 0.6 is 0 Å². The number of Topliss-reactive ketones (excluding diaryl/α,β-unsaturated/α-hetero) is 1. The van der Waals surface area contributed by atoms with Crippen LogP contribution in [0, 0.1) is 11.3 Å². The summed E-state index contributed by atoms with van der Waals surface area (Å²) in [5.41, 5.74) is 2.34. The molecule has 0 unspecified atom stereocenters. The van der Waals surface area contributed by atoms with Gasteiger partial charge in [0.05, 0.1) is 6.61 Å². The van der Waals surface area contributed by atoms with Crippen LogP contribution in [0.4, 0.5) is 0 Å². The number of carbonyl (C=O) groups excluding carboxylic acids is 1. The predicted molar refractivity (Wildman–Crippen MR) is 59.5 cm³/mol. The molecule has 0 aromatic rings. The zero-order valence-corrected chi connectivity index (χ0v) is 9.68. The number of fused-ring (bicyclic) bond motifs is 1. The van der Waals surface area contributed by atoms with Gasteiger partial charge in [-0.2, -0.15) is 0 Å². The SMILES string of the molecule is CC1=C(CO)CC[C@@]2(C)C(=O)CCC[C@@H]12. The van der Waals surface area contributed by atoms with Crippen molar-refractivity contribution in [2.24, 2.45) is 11.3 Å². The Balaban J connectivity index is 2.36. The third-order valence-electron chi connectivity index (χ3n) is 4.52. The third-order valence-corrected chi connectivity index (χ3v) is 4.52. The summed E-state index contributed by atoms with van der Waals surface area (Å²) in [5.74, 6) is 0.838. The van der Waals surface area contributed by atoms with Crippen molar-refractivity contribution in [2.75, 3.05) is 6.61 Å². The van der Waals surface area contributed by atoms with Crippen molar-refractivity contribution in [3.63, 3.8) is 0 Å². The summed E-state index contributed by atoms with van der Waals surface area (Å²) in [7, 11) is 0. The van der Waals surface area contributed by atoms with Crippen LogP contribution in [-0.2, 0) is 4.79 Å². The van der Waals surface area contributed by atoms with Crippen LogP contribution in [0.1, 0.15) is 46.0 Å². The van der Waals surface area contributed by atoms with E-state index in [9.17, 15) is 9.90 Å². The second kappa shape index (κ2) is 3.75. The lowest BCUT2D eigenvalue weighted by Crippen LogP contribution is -2.42. The van der Waals surface area contributed by atoms with Gasteiger partial charge in [-0.3, -0.25) is 4.79 Å². The summed E-state index contributed by atoms with van der Waals surface area (Å²) in [5, 5.41) is 9.26. The molecule has 1 saturated carbocycles. The smallest absolute Gasteiger partial charge is 0.139 e. The lowest BCUT2D eigenvalue weighted by Gasteiger charge is -2.45. The van der Waals surface area contributed by atoms with Gasteiger partial charge in [0.15, 0.2) is 0 Å². The summed E-state index contributed by atoms with van der Waals surface area (Å²) in [6.45, 7) is 4.40. The van der Waals surface area contributed by atoms with Crippen LogP contribution in [0.25, 0.3) is 0 Å². The predicted octanol–water partition coefficient (Wildman–Crippen LogP) is 2.46. The van der Waals surface area contributed by atoms with Gasteiger partial charge in [-0.25, -0.2) is 0 Å². The fourth-order valence-electron chi connectivity index (χ4n) is 3.33. The average Bonchev–Trinajstić information content (AvgIpc) is 2.22. The maximum absolute atomic E-state index is 12.0. The minimum atomic E-state index is -0.124. The van der Waals surface area contributed by atoms with Gasteiger partial charge in [0, 0.05) is 11.8 Å². The number of ketones is 1. The van der Waals surface area contributed by atoms with Gasteiger partial charge in [-0.15, -0.1) is 0 Å². The maximum Gasteiger partial charge on any atom is 0.139 e. The fourth-order valence-corrected chi connectivity index (χ4v) is 3.33. The van der Waals surface area contributed by atoms with Gasteiger partial charge in [-0.1, -0.05) is 12.5 Å². The van der Waals surface area contributed by atoms with Crippen molar-refractivity contribution in [2.45, 2.75) is 46.0 Å². The molecule has 2 rings (SSSR count). The molecule has 0 heterocycles. The zero-order valence-electron chi connectivity index (χ0n) is 9.68. The molecule has 1 N–H and O–H groups in total. The molecule has 0 radical (unpaired) electrons. The molecule has 2 nitrogen and oxygen atoms in total. The summed E-state index contributed by atoms with van der Waals surface area (Å²) >= 11 is 0. The van der Waals surface area contributed by atoms with Crippen molar-refractivity contribution >= 4 is 5.78 Å². The number of aliphatic hydroxyl groups excluding tert-OH is 1. The van der Waals surface area contributed by atoms with Crippen LogP contribution in [0.3, 0.4) is 0 Å². The second-order valence-electron chi connectivity index (χ2n) is 5.23. The Labute approximate surface area is 91.4 Å². The molecule has 15 heavy (non-hydrogen) atoms. The largest absolute Gasteiger partial charge is 0.392 e. The summed E-state index contributed by atoms with van der Waals surface area (Å²) < 4.78 is 0. The third kappa shape index (κ3) is 1.55. The van der Waals surface area contributed by atoms with E-state index in [0.29, 0.717) is 11.7 Å². The normalized spacial score (nSPS) is 36.7. The molecular formula is C13H20O2. The average molecular weight is 208 g/mol. The van der Waals surface area contributed by atoms with Crippen molar-refractivity contribution in [3.8, 4) is 0 Å². The van der Waals surface area contributed by atoms with E-state index < -0.39 is 0 Å². The quantitative estimate of drug-likeness (QED) is 0.672. The van der Waals surface area contributed by atoms with Crippen molar-refractivity contribution in [3.05, 3.63) is 11.1 Å². The Morgan fingerprint density at radius 2 is 2.20 bits per heavy atom. The second-order valence-corrected chi connectivity index (χ2v) is 5.23. The molecule has 0 saturated heterocycles. The molecule has 84 valence electrons. The number of allylic oxidation sites excluding steroid dienone is 1. The number of hydrogen-bond acceptors (Lipinski definition) is 2. The van der Waals surface area contributed by atoms with E-state index in [0.717, 1.165) is 32.1 Å². The van der Waals surface area contributed by atoms with Gasteiger partial charge in [0.25, 0.3) is 0 Å². The van der Waals surface area contributed by atoms with Crippen LogP contribution in [0.2, 0.25) is 0 Å². The van der Waals surface area contributed by atoms with Crippen molar-refractivity contribution in [1.29, 1.82) is 0 Å². The highest BCUT2D eigenvalue weighted by molar-refractivity contribution is 5.86. The number of carbonyl (C=O) groups is 1. The lowest BCUT2D eigenvalue weighted by molar-refractivity contribution is -0.133. The standard InChI is InChI=1S/C13H20O2/c1-9-10(8-14)6-7-13(2)11(9)4-3-5-12(13)15/h11,14H,3-8H2,1-2H3/t11-,13+/m0/s1. The molecule has 2 aliphatic rings. The summed E-state index contributed by atoms with van der Waals surface area (Å²) in [4.78, 5) is 12.0. The maximum atomic E-state index is 12.0. The molecule has 2 aliphatic carbocycles. The minimum absolute atomic E-state index is 0.124. The first-order valence-corrected chi connectivity index (χ1v) is 5.92.